The van der Waals surface area contributed by atoms with E-state index in [0.29, 0.717) is 47.8 Å². The number of carbonyl (C=O) groups is 2. The molecule has 4 heterocycles. The van der Waals surface area contributed by atoms with Gasteiger partial charge in [-0.25, -0.2) is 9.97 Å². The molecule has 0 saturated heterocycles. The molecule has 0 radical (unpaired) electrons. The second-order valence-corrected chi connectivity index (χ2v) is 10.7. The Balaban J connectivity index is 1.69. The lowest BCUT2D eigenvalue weighted by atomic mass is 9.90. The van der Waals surface area contributed by atoms with E-state index in [0.717, 1.165) is 24.0 Å². The van der Waals surface area contributed by atoms with Gasteiger partial charge in [-0.1, -0.05) is 19.9 Å². The first kappa shape index (κ1) is 28.9. The van der Waals surface area contributed by atoms with Gasteiger partial charge in [0.2, 0.25) is 5.91 Å². The molecule has 0 spiro atoms. The number of H-pyrrole nitrogens is 1. The van der Waals surface area contributed by atoms with E-state index in [1.165, 1.54) is 11.4 Å². The van der Waals surface area contributed by atoms with Crippen molar-refractivity contribution in [1.82, 2.24) is 34.4 Å². The first-order valence-corrected chi connectivity index (χ1v) is 13.7. The normalized spacial score (nSPS) is 12.6. The monoisotopic (exact) mass is 546 g/mol. The SMILES string of the molecule is CCCN(C(=O)C(C)(C)CO)[C@H](CC)CCc1nc2c(-c3ccc(-c4ncc[nH]4)nc3)cnn2c(N)c1C(C)=O. The molecule has 11 heteroatoms. The van der Waals surface area contributed by atoms with E-state index in [4.69, 9.17) is 10.7 Å². The Morgan fingerprint density at radius 1 is 1.20 bits per heavy atom. The lowest BCUT2D eigenvalue weighted by molar-refractivity contribution is -0.145. The third-order valence-electron chi connectivity index (χ3n) is 7.25. The summed E-state index contributed by atoms with van der Waals surface area (Å²) in [5, 5.41) is 14.2. The van der Waals surface area contributed by atoms with Crippen molar-refractivity contribution in [2.45, 2.75) is 66.3 Å². The molecule has 0 aliphatic rings. The van der Waals surface area contributed by atoms with Crippen LogP contribution in [0.25, 0.3) is 28.3 Å². The van der Waals surface area contributed by atoms with Gasteiger partial charge in [-0.2, -0.15) is 9.61 Å². The van der Waals surface area contributed by atoms with Gasteiger partial charge in [-0.3, -0.25) is 14.6 Å². The Morgan fingerprint density at radius 3 is 2.55 bits per heavy atom. The number of nitrogen functional groups attached to an aromatic ring is 1. The van der Waals surface area contributed by atoms with Gasteiger partial charge in [-0.05, 0) is 52.5 Å². The largest absolute Gasteiger partial charge is 0.395 e. The van der Waals surface area contributed by atoms with Crippen LogP contribution in [0, 0.1) is 5.41 Å². The number of nitrogens with zero attached hydrogens (tertiary/aromatic N) is 6. The van der Waals surface area contributed by atoms with Gasteiger partial charge in [0.05, 0.1) is 29.5 Å². The van der Waals surface area contributed by atoms with Gasteiger partial charge in [0.1, 0.15) is 11.5 Å². The number of aliphatic hydroxyl groups is 1. The molecule has 4 rings (SSSR count). The summed E-state index contributed by atoms with van der Waals surface area (Å²) < 4.78 is 1.49. The predicted octanol–water partition coefficient (Wildman–Crippen LogP) is 3.93. The van der Waals surface area contributed by atoms with Crippen molar-refractivity contribution in [3.8, 4) is 22.6 Å². The van der Waals surface area contributed by atoms with E-state index >= 15 is 0 Å². The number of anilines is 1. The average Bonchev–Trinajstić information content (AvgIpc) is 3.63. The number of aromatic nitrogens is 6. The van der Waals surface area contributed by atoms with Crippen LogP contribution in [0.4, 0.5) is 5.82 Å². The molecule has 4 aromatic heterocycles. The summed E-state index contributed by atoms with van der Waals surface area (Å²) in [5.74, 6) is 0.627. The highest BCUT2D eigenvalue weighted by Gasteiger charge is 2.34. The van der Waals surface area contributed by atoms with Gasteiger partial charge in [0, 0.05) is 42.3 Å². The highest BCUT2D eigenvalue weighted by Crippen LogP contribution is 2.29. The fourth-order valence-corrected chi connectivity index (χ4v) is 4.96. The van der Waals surface area contributed by atoms with Crippen molar-refractivity contribution in [2.75, 3.05) is 18.9 Å². The molecule has 40 heavy (non-hydrogen) atoms. The average molecular weight is 547 g/mol. The number of amides is 1. The van der Waals surface area contributed by atoms with Gasteiger partial charge < -0.3 is 20.7 Å². The smallest absolute Gasteiger partial charge is 0.230 e. The minimum Gasteiger partial charge on any atom is -0.395 e. The summed E-state index contributed by atoms with van der Waals surface area (Å²) >= 11 is 0. The van der Waals surface area contributed by atoms with E-state index < -0.39 is 5.41 Å². The Hall–Kier alpha value is -4.12. The Morgan fingerprint density at radius 2 is 1.98 bits per heavy atom. The second kappa shape index (κ2) is 12.0. The van der Waals surface area contributed by atoms with Crippen LogP contribution >= 0.6 is 0 Å². The highest BCUT2D eigenvalue weighted by molar-refractivity contribution is 6.00. The number of aromatic amines is 1. The lowest BCUT2D eigenvalue weighted by Gasteiger charge is -2.36. The van der Waals surface area contributed by atoms with Crippen LogP contribution in [-0.2, 0) is 11.2 Å². The Kier molecular flexibility index (Phi) is 8.63. The molecular weight excluding hydrogens is 508 g/mol. The number of nitrogens with one attached hydrogen (secondary N) is 1. The van der Waals surface area contributed by atoms with Crippen molar-refractivity contribution >= 4 is 23.2 Å². The zero-order valence-corrected chi connectivity index (χ0v) is 23.8. The maximum absolute atomic E-state index is 13.3. The number of Topliss-reactive ketones (excluding diaryl/α,β-unsaturated/α-hetero) is 1. The van der Waals surface area contributed by atoms with Crippen LogP contribution < -0.4 is 5.73 Å². The number of fused-ring (bicyclic) bond motifs is 1. The molecule has 0 aromatic carbocycles. The molecule has 4 aromatic rings. The summed E-state index contributed by atoms with van der Waals surface area (Å²) in [4.78, 5) is 44.6. The van der Waals surface area contributed by atoms with Crippen molar-refractivity contribution in [3.63, 3.8) is 0 Å². The maximum Gasteiger partial charge on any atom is 0.230 e. The number of hydrogen-bond donors (Lipinski definition) is 3. The topological polar surface area (TPSA) is 155 Å². The highest BCUT2D eigenvalue weighted by atomic mass is 16.3. The third kappa shape index (κ3) is 5.60. The minimum absolute atomic E-state index is 0.0815. The summed E-state index contributed by atoms with van der Waals surface area (Å²) in [6.45, 7) is 9.41. The second-order valence-electron chi connectivity index (χ2n) is 10.7. The molecule has 0 aliphatic heterocycles. The zero-order chi connectivity index (χ0) is 29.0. The van der Waals surface area contributed by atoms with Gasteiger partial charge in [-0.15, -0.1) is 0 Å². The first-order chi connectivity index (χ1) is 19.1. The molecule has 0 saturated carbocycles. The zero-order valence-electron chi connectivity index (χ0n) is 23.8. The molecule has 11 nitrogen and oxygen atoms in total. The van der Waals surface area contributed by atoms with Crippen LogP contribution in [-0.4, -0.2) is 70.4 Å². The van der Waals surface area contributed by atoms with Gasteiger partial charge in [0.15, 0.2) is 17.3 Å². The summed E-state index contributed by atoms with van der Waals surface area (Å²) in [6.07, 6.45) is 9.38. The van der Waals surface area contributed by atoms with E-state index in [1.807, 2.05) is 30.9 Å². The first-order valence-electron chi connectivity index (χ1n) is 13.7. The van der Waals surface area contributed by atoms with Crippen molar-refractivity contribution < 1.29 is 14.7 Å². The summed E-state index contributed by atoms with van der Waals surface area (Å²) in [7, 11) is 0. The minimum atomic E-state index is -0.873. The van der Waals surface area contributed by atoms with Crippen LogP contribution in [0.2, 0.25) is 0 Å². The number of pyridine rings is 1. The van der Waals surface area contributed by atoms with Crippen molar-refractivity contribution in [3.05, 3.63) is 48.2 Å². The molecule has 1 amide bonds. The van der Waals surface area contributed by atoms with E-state index in [-0.39, 0.29) is 30.2 Å². The number of ketones is 1. The maximum atomic E-state index is 13.3. The van der Waals surface area contributed by atoms with E-state index in [9.17, 15) is 14.7 Å². The number of rotatable bonds is 12. The predicted molar refractivity (Wildman–Crippen MR) is 153 cm³/mol. The standard InChI is InChI=1S/C29H38N8O3/c1-6-14-36(28(40)29(4,5)17-38)20(7-2)9-11-22-24(18(3)39)25(30)37-27(35-22)21(16-34-37)19-8-10-23(33-15-19)26-31-12-13-32-26/h8,10,12-13,15-16,20,38H,6-7,9,11,14,17,30H2,1-5H3,(H,31,32)/t20-/m1/s1. The fourth-order valence-electron chi connectivity index (χ4n) is 4.96. The Bertz CT molecular complexity index is 1480. The summed E-state index contributed by atoms with van der Waals surface area (Å²) in [6, 6.07) is 3.70. The van der Waals surface area contributed by atoms with Gasteiger partial charge >= 0.3 is 0 Å². The van der Waals surface area contributed by atoms with Crippen LogP contribution in [0.5, 0.6) is 0 Å². The summed E-state index contributed by atoms with van der Waals surface area (Å²) in [5.41, 5.74) is 9.30. The molecule has 0 unspecified atom stereocenters. The van der Waals surface area contributed by atoms with E-state index in [2.05, 4.69) is 20.1 Å². The van der Waals surface area contributed by atoms with Gasteiger partial charge in [0.25, 0.3) is 0 Å². The van der Waals surface area contributed by atoms with Crippen LogP contribution in [0.3, 0.4) is 0 Å². The number of aryl methyl sites for hydroxylation is 1. The number of aliphatic hydroxyl groups excluding tert-OH is 1. The Labute approximate surface area is 233 Å². The quantitative estimate of drug-likeness (QED) is 0.226. The molecule has 0 aliphatic carbocycles. The number of carbonyl (C=O) groups excluding carboxylic acids is 2. The number of hydrogen-bond acceptors (Lipinski definition) is 8. The molecular formula is C29H38N8O3. The molecule has 212 valence electrons. The van der Waals surface area contributed by atoms with Crippen molar-refractivity contribution in [1.29, 1.82) is 0 Å². The molecule has 1 atom stereocenters. The third-order valence-corrected chi connectivity index (χ3v) is 7.25. The number of imidazole rings is 1. The molecule has 0 fully saturated rings. The molecule has 4 N–H and O–H groups in total. The van der Waals surface area contributed by atoms with Crippen LogP contribution in [0.15, 0.2) is 36.9 Å². The van der Waals surface area contributed by atoms with E-state index in [1.54, 1.807) is 38.6 Å². The van der Waals surface area contributed by atoms with Crippen LogP contribution in [0.1, 0.15) is 69.9 Å². The lowest BCUT2D eigenvalue weighted by Crippen LogP contribution is -2.48. The fraction of sp³-hybridized carbons (Fsp3) is 0.448. The van der Waals surface area contributed by atoms with Crippen molar-refractivity contribution in [2.24, 2.45) is 5.41 Å². The molecule has 0 bridgehead atoms. The number of nitrogens with two attached hydrogens (primary N) is 1.